The predicted molar refractivity (Wildman–Crippen MR) is 203 cm³/mol. The summed E-state index contributed by atoms with van der Waals surface area (Å²) in [6, 6.07) is 59.8. The molecule has 2 aromatic heterocycles. The van der Waals surface area contributed by atoms with Gasteiger partial charge in [0.15, 0.2) is 17.5 Å². The van der Waals surface area contributed by atoms with Gasteiger partial charge in [0.05, 0.1) is 11.0 Å². The lowest BCUT2D eigenvalue weighted by Crippen LogP contribution is -2.01. The van der Waals surface area contributed by atoms with Gasteiger partial charge in [0.25, 0.3) is 0 Å². The molecule has 10 rings (SSSR count). The fraction of sp³-hybridized carbons (Fsp3) is 0. The second kappa shape index (κ2) is 11.0. The van der Waals surface area contributed by atoms with Crippen molar-refractivity contribution in [1.29, 1.82) is 0 Å². The molecule has 2 heterocycles. The average Bonchev–Trinajstić information content (AvgIpc) is 3.51. The molecular formula is C45H28N4. The summed E-state index contributed by atoms with van der Waals surface area (Å²) in [5, 5.41) is 10.1. The minimum atomic E-state index is 0.637. The highest BCUT2D eigenvalue weighted by atomic mass is 15.0. The van der Waals surface area contributed by atoms with E-state index in [1.54, 1.807) is 0 Å². The number of para-hydroxylation sites is 1. The Morgan fingerprint density at radius 3 is 1.33 bits per heavy atom. The van der Waals surface area contributed by atoms with E-state index in [4.69, 9.17) is 15.0 Å². The molecule has 0 spiro atoms. The van der Waals surface area contributed by atoms with Crippen LogP contribution in [0, 0.1) is 0 Å². The van der Waals surface area contributed by atoms with Gasteiger partial charge in [-0.05, 0) is 62.6 Å². The number of benzene rings is 8. The third-order valence-corrected chi connectivity index (χ3v) is 9.60. The van der Waals surface area contributed by atoms with E-state index in [0.717, 1.165) is 33.4 Å². The van der Waals surface area contributed by atoms with Crippen molar-refractivity contribution in [3.8, 4) is 39.9 Å². The first-order chi connectivity index (χ1) is 24.3. The van der Waals surface area contributed by atoms with E-state index in [1.165, 1.54) is 43.1 Å². The van der Waals surface area contributed by atoms with Gasteiger partial charge in [0, 0.05) is 33.2 Å². The van der Waals surface area contributed by atoms with Gasteiger partial charge in [-0.15, -0.1) is 0 Å². The molecule has 0 radical (unpaired) electrons. The van der Waals surface area contributed by atoms with E-state index in [0.29, 0.717) is 17.5 Å². The number of rotatable bonds is 4. The van der Waals surface area contributed by atoms with Crippen LogP contribution >= 0.6 is 0 Å². The maximum atomic E-state index is 5.02. The summed E-state index contributed by atoms with van der Waals surface area (Å²) in [4.78, 5) is 14.9. The number of hydrogen-bond acceptors (Lipinski definition) is 3. The lowest BCUT2D eigenvalue weighted by Gasteiger charge is -2.13. The Balaban J connectivity index is 1.23. The van der Waals surface area contributed by atoms with Gasteiger partial charge in [-0.3, -0.25) is 0 Å². The molecule has 10 aromatic rings. The molecule has 0 N–H and O–H groups in total. The molecule has 4 nitrogen and oxygen atoms in total. The Morgan fingerprint density at radius 2 is 0.735 bits per heavy atom. The molecule has 0 fully saturated rings. The first kappa shape index (κ1) is 27.5. The van der Waals surface area contributed by atoms with Gasteiger partial charge < -0.3 is 4.57 Å². The van der Waals surface area contributed by atoms with Crippen LogP contribution in [0.5, 0.6) is 0 Å². The van der Waals surface area contributed by atoms with E-state index < -0.39 is 0 Å². The van der Waals surface area contributed by atoms with Gasteiger partial charge >= 0.3 is 0 Å². The van der Waals surface area contributed by atoms with Gasteiger partial charge in [-0.2, -0.15) is 0 Å². The van der Waals surface area contributed by atoms with Gasteiger partial charge in [-0.1, -0.05) is 140 Å². The van der Waals surface area contributed by atoms with Crippen molar-refractivity contribution in [1.82, 2.24) is 19.5 Å². The molecule has 4 heteroatoms. The maximum Gasteiger partial charge on any atom is 0.164 e. The number of hydrogen-bond donors (Lipinski definition) is 0. The third kappa shape index (κ3) is 4.42. The van der Waals surface area contributed by atoms with E-state index in [-0.39, 0.29) is 0 Å². The Bertz CT molecular complexity index is 2820. The summed E-state index contributed by atoms with van der Waals surface area (Å²) in [5.74, 6) is 1.94. The molecule has 228 valence electrons. The van der Waals surface area contributed by atoms with Crippen molar-refractivity contribution in [2.75, 3.05) is 0 Å². The third-order valence-electron chi connectivity index (χ3n) is 9.60. The SMILES string of the molecule is c1ccc(-c2nc(-c3ccccc3)nc(-c3cccc(-n4c5ccccc5c5cc6c7ccccc7c7ccccc7c6cc54)c3)n2)cc1. The van der Waals surface area contributed by atoms with Crippen LogP contribution in [0.2, 0.25) is 0 Å². The second-order valence-electron chi connectivity index (χ2n) is 12.4. The van der Waals surface area contributed by atoms with Crippen molar-refractivity contribution in [2.45, 2.75) is 0 Å². The van der Waals surface area contributed by atoms with Crippen LogP contribution < -0.4 is 0 Å². The second-order valence-corrected chi connectivity index (χ2v) is 12.4. The van der Waals surface area contributed by atoms with Gasteiger partial charge in [0.2, 0.25) is 0 Å². The minimum Gasteiger partial charge on any atom is -0.309 e. The first-order valence-corrected chi connectivity index (χ1v) is 16.5. The topological polar surface area (TPSA) is 43.6 Å². The quantitative estimate of drug-likeness (QED) is 0.183. The smallest absolute Gasteiger partial charge is 0.164 e. The molecule has 0 aliphatic rings. The predicted octanol–water partition coefficient (Wildman–Crippen LogP) is 11.4. The van der Waals surface area contributed by atoms with Crippen molar-refractivity contribution in [3.05, 3.63) is 170 Å². The summed E-state index contributed by atoms with van der Waals surface area (Å²) in [6.07, 6.45) is 0. The summed E-state index contributed by atoms with van der Waals surface area (Å²) >= 11 is 0. The van der Waals surface area contributed by atoms with E-state index in [2.05, 4.69) is 114 Å². The molecule has 0 aliphatic heterocycles. The molecule has 0 unspecified atom stereocenters. The van der Waals surface area contributed by atoms with Gasteiger partial charge in [0.1, 0.15) is 0 Å². The molecule has 0 atom stereocenters. The standard InChI is InChI=1S/C45H28N4/c1-3-14-29(15-4-1)43-46-44(30-16-5-2-6-17-30)48-45(47-43)31-18-13-19-32(26-31)49-41-25-12-11-24-37(41)40-27-38-35-22-9-7-20-33(35)34-21-8-10-23-36(34)39(38)28-42(40)49/h1-28H. The van der Waals surface area contributed by atoms with Crippen molar-refractivity contribution >= 4 is 54.1 Å². The van der Waals surface area contributed by atoms with Crippen LogP contribution in [0.25, 0.3) is 94.0 Å². The van der Waals surface area contributed by atoms with Crippen LogP contribution in [0.1, 0.15) is 0 Å². The monoisotopic (exact) mass is 624 g/mol. The fourth-order valence-electron chi connectivity index (χ4n) is 7.37. The van der Waals surface area contributed by atoms with Crippen LogP contribution in [0.15, 0.2) is 170 Å². The van der Waals surface area contributed by atoms with Crippen molar-refractivity contribution < 1.29 is 0 Å². The number of nitrogens with zero attached hydrogens (tertiary/aromatic N) is 4. The fourth-order valence-corrected chi connectivity index (χ4v) is 7.37. The summed E-state index contributed by atoms with van der Waals surface area (Å²) in [5.41, 5.74) is 6.21. The normalized spacial score (nSPS) is 11.7. The Hall–Kier alpha value is -6.65. The molecule has 49 heavy (non-hydrogen) atoms. The zero-order valence-electron chi connectivity index (χ0n) is 26.5. The molecule has 0 saturated carbocycles. The molecule has 0 aliphatic carbocycles. The van der Waals surface area contributed by atoms with Crippen molar-refractivity contribution in [2.24, 2.45) is 0 Å². The highest BCUT2D eigenvalue weighted by molar-refractivity contribution is 6.28. The highest BCUT2D eigenvalue weighted by Crippen LogP contribution is 2.41. The molecule has 8 aromatic carbocycles. The average molecular weight is 625 g/mol. The molecule has 0 amide bonds. The summed E-state index contributed by atoms with van der Waals surface area (Å²) in [7, 11) is 0. The van der Waals surface area contributed by atoms with Crippen LogP contribution in [-0.4, -0.2) is 19.5 Å². The zero-order valence-corrected chi connectivity index (χ0v) is 26.5. The van der Waals surface area contributed by atoms with Crippen molar-refractivity contribution in [3.63, 3.8) is 0 Å². The number of fused-ring (bicyclic) bond motifs is 9. The largest absolute Gasteiger partial charge is 0.309 e. The molecular weight excluding hydrogens is 597 g/mol. The number of aromatic nitrogens is 4. The maximum absolute atomic E-state index is 5.02. The van der Waals surface area contributed by atoms with Gasteiger partial charge in [-0.25, -0.2) is 15.0 Å². The van der Waals surface area contributed by atoms with E-state index >= 15 is 0 Å². The lowest BCUT2D eigenvalue weighted by molar-refractivity contribution is 1.07. The van der Waals surface area contributed by atoms with E-state index in [1.807, 2.05) is 60.7 Å². The van der Waals surface area contributed by atoms with Crippen LogP contribution in [-0.2, 0) is 0 Å². The molecule has 0 saturated heterocycles. The highest BCUT2D eigenvalue weighted by Gasteiger charge is 2.18. The van der Waals surface area contributed by atoms with E-state index in [9.17, 15) is 0 Å². The zero-order chi connectivity index (χ0) is 32.3. The molecule has 0 bridgehead atoms. The first-order valence-electron chi connectivity index (χ1n) is 16.5. The van der Waals surface area contributed by atoms with Crippen LogP contribution in [0.4, 0.5) is 0 Å². The minimum absolute atomic E-state index is 0.637. The Kier molecular flexibility index (Phi) is 6.15. The Labute approximate surface area is 282 Å². The van der Waals surface area contributed by atoms with Crippen LogP contribution in [0.3, 0.4) is 0 Å². The Morgan fingerprint density at radius 1 is 0.286 bits per heavy atom. The summed E-state index contributed by atoms with van der Waals surface area (Å²) < 4.78 is 2.38. The lowest BCUT2D eigenvalue weighted by atomic mass is 9.93. The summed E-state index contributed by atoms with van der Waals surface area (Å²) in [6.45, 7) is 0.